The maximum Gasteiger partial charge on any atom is 0.326 e. The van der Waals surface area contributed by atoms with E-state index in [2.05, 4.69) is 0 Å². The van der Waals surface area contributed by atoms with Crippen molar-refractivity contribution in [1.29, 1.82) is 0 Å². The molecule has 3 aliphatic rings. The minimum Gasteiger partial charge on any atom is -0.493 e. The van der Waals surface area contributed by atoms with Crippen LogP contribution in [0.2, 0.25) is 10.0 Å². The number of sulfonamides is 1. The van der Waals surface area contributed by atoms with Gasteiger partial charge in [-0.2, -0.15) is 0 Å². The standard InChI is InChI=1S/C34H37Cl2N5O5S/c1-4-46-29-16-15-27(47(44,45)38(2)3)21-28(29)32-37-30(22-7-11-25(35)12-8-22)31(23-9-13-26(36)14-10-23)41(32)34(43)40-19-17-39(18-20-40)33(42)24-5-6-24/h7-16,21,24,30-31H,4-6,17-20H2,1-3H3. The van der Waals surface area contributed by atoms with Crippen LogP contribution in [0.5, 0.6) is 5.75 Å². The van der Waals surface area contributed by atoms with Crippen LogP contribution in [-0.2, 0) is 14.8 Å². The summed E-state index contributed by atoms with van der Waals surface area (Å²) in [6, 6.07) is 17.7. The average Bonchev–Trinajstić information content (AvgIpc) is 3.85. The summed E-state index contributed by atoms with van der Waals surface area (Å²) in [5, 5.41) is 1.11. The molecule has 2 unspecified atom stereocenters. The van der Waals surface area contributed by atoms with E-state index < -0.39 is 22.1 Å². The van der Waals surface area contributed by atoms with Crippen molar-refractivity contribution >= 4 is 51.0 Å². The number of benzene rings is 3. The SMILES string of the molecule is CCOc1ccc(S(=O)(=O)N(C)C)cc1C1=NC(c2ccc(Cl)cc2)C(c2ccc(Cl)cc2)N1C(=O)N1CCN(C(=O)C2CC2)CC1. The lowest BCUT2D eigenvalue weighted by Crippen LogP contribution is -2.55. The first kappa shape index (κ1) is 33.3. The molecule has 2 aliphatic heterocycles. The summed E-state index contributed by atoms with van der Waals surface area (Å²) in [6.45, 7) is 3.73. The Morgan fingerprint density at radius 3 is 2.00 bits per heavy atom. The molecule has 13 heteroatoms. The van der Waals surface area contributed by atoms with Gasteiger partial charge in [0.05, 0.1) is 23.1 Å². The molecule has 3 amide bonds. The van der Waals surface area contributed by atoms with Gasteiger partial charge in [0.15, 0.2) is 0 Å². The van der Waals surface area contributed by atoms with Crippen molar-refractivity contribution in [2.24, 2.45) is 10.9 Å². The first-order valence-corrected chi connectivity index (χ1v) is 17.8. The zero-order valence-corrected chi connectivity index (χ0v) is 28.8. The second-order valence-electron chi connectivity index (χ2n) is 12.1. The average molecular weight is 699 g/mol. The number of hydrogen-bond acceptors (Lipinski definition) is 6. The van der Waals surface area contributed by atoms with Gasteiger partial charge in [0.1, 0.15) is 17.6 Å². The zero-order chi connectivity index (χ0) is 33.5. The molecule has 2 fully saturated rings. The largest absolute Gasteiger partial charge is 0.493 e. The van der Waals surface area contributed by atoms with E-state index >= 15 is 0 Å². The number of carbonyl (C=O) groups excluding carboxylic acids is 2. The van der Waals surface area contributed by atoms with Gasteiger partial charge in [0.25, 0.3) is 0 Å². The van der Waals surface area contributed by atoms with Gasteiger partial charge in [-0.3, -0.25) is 14.7 Å². The molecular formula is C34H37Cl2N5O5S. The third-order valence-corrected chi connectivity index (χ3v) is 11.1. The van der Waals surface area contributed by atoms with Gasteiger partial charge in [-0.15, -0.1) is 0 Å². The molecule has 2 heterocycles. The normalized spacial score (nSPS) is 20.0. The number of urea groups is 1. The number of halogens is 2. The Bertz CT molecular complexity index is 1790. The molecule has 47 heavy (non-hydrogen) atoms. The molecule has 0 spiro atoms. The van der Waals surface area contributed by atoms with Crippen molar-refractivity contribution in [2.45, 2.75) is 36.7 Å². The van der Waals surface area contributed by atoms with Crippen LogP contribution in [0, 0.1) is 5.92 Å². The molecular weight excluding hydrogens is 661 g/mol. The number of rotatable bonds is 8. The lowest BCUT2D eigenvalue weighted by atomic mass is 9.93. The molecule has 0 bridgehead atoms. The maximum absolute atomic E-state index is 14.8. The van der Waals surface area contributed by atoms with E-state index in [4.69, 9.17) is 32.9 Å². The summed E-state index contributed by atoms with van der Waals surface area (Å²) in [4.78, 5) is 38.0. The number of aliphatic imine (C=N–C) groups is 1. The molecule has 0 N–H and O–H groups in total. The second-order valence-corrected chi connectivity index (χ2v) is 15.1. The van der Waals surface area contributed by atoms with Crippen LogP contribution < -0.4 is 4.74 Å². The Hall–Kier alpha value is -3.64. The summed E-state index contributed by atoms with van der Waals surface area (Å²) in [5.41, 5.74) is 1.98. The minimum absolute atomic E-state index is 0.0428. The highest BCUT2D eigenvalue weighted by atomic mass is 35.5. The monoisotopic (exact) mass is 697 g/mol. The van der Waals surface area contributed by atoms with Crippen molar-refractivity contribution in [1.82, 2.24) is 19.0 Å². The molecule has 248 valence electrons. The number of amidine groups is 1. The lowest BCUT2D eigenvalue weighted by molar-refractivity contribution is -0.134. The van der Waals surface area contributed by atoms with Crippen molar-refractivity contribution < 1.29 is 22.7 Å². The molecule has 6 rings (SSSR count). The number of carbonyl (C=O) groups is 2. The predicted molar refractivity (Wildman–Crippen MR) is 182 cm³/mol. The van der Waals surface area contributed by atoms with E-state index in [9.17, 15) is 18.0 Å². The molecule has 1 aliphatic carbocycles. The van der Waals surface area contributed by atoms with E-state index in [0.717, 1.165) is 28.3 Å². The smallest absolute Gasteiger partial charge is 0.326 e. The van der Waals surface area contributed by atoms with Crippen LogP contribution in [0.3, 0.4) is 0 Å². The number of amides is 3. The molecule has 3 aromatic rings. The number of nitrogens with zero attached hydrogens (tertiary/aromatic N) is 5. The van der Waals surface area contributed by atoms with E-state index in [1.807, 2.05) is 36.1 Å². The summed E-state index contributed by atoms with van der Waals surface area (Å²) in [5.74, 6) is 0.938. The fourth-order valence-corrected chi connectivity index (χ4v) is 7.23. The molecule has 0 radical (unpaired) electrons. The van der Waals surface area contributed by atoms with Gasteiger partial charge in [0, 0.05) is 56.2 Å². The van der Waals surface area contributed by atoms with E-state index in [0.29, 0.717) is 54.1 Å². The van der Waals surface area contributed by atoms with Crippen LogP contribution in [0.25, 0.3) is 0 Å². The molecule has 10 nitrogen and oxygen atoms in total. The fraction of sp³-hybridized carbons (Fsp3) is 0.382. The van der Waals surface area contributed by atoms with Crippen LogP contribution in [0.4, 0.5) is 4.79 Å². The number of ether oxygens (including phenoxy) is 1. The summed E-state index contributed by atoms with van der Waals surface area (Å²) < 4.78 is 33.8. The predicted octanol–water partition coefficient (Wildman–Crippen LogP) is 5.86. The maximum atomic E-state index is 14.8. The summed E-state index contributed by atoms with van der Waals surface area (Å²) in [6.07, 6.45) is 1.84. The number of hydrogen-bond donors (Lipinski definition) is 0. The highest BCUT2D eigenvalue weighted by Gasteiger charge is 2.45. The molecule has 2 atom stereocenters. The van der Waals surface area contributed by atoms with Crippen molar-refractivity contribution in [3.63, 3.8) is 0 Å². The van der Waals surface area contributed by atoms with Gasteiger partial charge >= 0.3 is 6.03 Å². The molecule has 1 saturated heterocycles. The van der Waals surface area contributed by atoms with Gasteiger partial charge in [-0.25, -0.2) is 17.5 Å². The van der Waals surface area contributed by atoms with Gasteiger partial charge < -0.3 is 14.5 Å². The van der Waals surface area contributed by atoms with Gasteiger partial charge in [-0.1, -0.05) is 47.5 Å². The lowest BCUT2D eigenvalue weighted by Gasteiger charge is -2.39. The summed E-state index contributed by atoms with van der Waals surface area (Å²) >= 11 is 12.6. The van der Waals surface area contributed by atoms with Gasteiger partial charge in [0.2, 0.25) is 15.9 Å². The topological polar surface area (TPSA) is 103 Å². The second kappa shape index (κ2) is 13.5. The van der Waals surface area contributed by atoms with E-state index in [-0.39, 0.29) is 28.6 Å². The van der Waals surface area contributed by atoms with Crippen LogP contribution in [0.1, 0.15) is 48.5 Å². The Balaban J connectivity index is 1.49. The molecule has 0 aromatic heterocycles. The minimum atomic E-state index is -3.83. The van der Waals surface area contributed by atoms with Crippen molar-refractivity contribution in [3.8, 4) is 5.75 Å². The first-order valence-electron chi connectivity index (χ1n) is 15.6. The highest BCUT2D eigenvalue weighted by molar-refractivity contribution is 7.89. The van der Waals surface area contributed by atoms with E-state index in [1.165, 1.54) is 26.2 Å². The number of piperazine rings is 1. The van der Waals surface area contributed by atoms with Crippen LogP contribution in [-0.4, -0.2) is 92.1 Å². The third-order valence-electron chi connectivity index (χ3n) is 8.75. The Morgan fingerprint density at radius 1 is 0.872 bits per heavy atom. The first-order chi connectivity index (χ1) is 22.5. The van der Waals surface area contributed by atoms with E-state index in [1.54, 1.807) is 40.1 Å². The molecule has 1 saturated carbocycles. The third kappa shape index (κ3) is 6.72. The summed E-state index contributed by atoms with van der Waals surface area (Å²) in [7, 11) is -0.899. The van der Waals surface area contributed by atoms with Crippen LogP contribution in [0.15, 0.2) is 76.6 Å². The quantitative estimate of drug-likeness (QED) is 0.293. The Kier molecular flexibility index (Phi) is 9.53. The van der Waals surface area contributed by atoms with Gasteiger partial charge in [-0.05, 0) is 73.4 Å². The zero-order valence-electron chi connectivity index (χ0n) is 26.5. The fourth-order valence-electron chi connectivity index (χ4n) is 6.05. The molecule has 3 aromatic carbocycles. The van der Waals surface area contributed by atoms with Crippen molar-refractivity contribution in [2.75, 3.05) is 46.9 Å². The van der Waals surface area contributed by atoms with Crippen molar-refractivity contribution in [3.05, 3.63) is 93.5 Å². The van der Waals surface area contributed by atoms with Crippen LogP contribution >= 0.6 is 23.2 Å². The highest BCUT2D eigenvalue weighted by Crippen LogP contribution is 2.46. The Labute approximate surface area is 285 Å². The Morgan fingerprint density at radius 2 is 1.45 bits per heavy atom.